The highest BCUT2D eigenvalue weighted by molar-refractivity contribution is 7.79. The summed E-state index contributed by atoms with van der Waals surface area (Å²) < 4.78 is 41.3. The molecule has 44 heavy (non-hydrogen) atoms. The van der Waals surface area contributed by atoms with Crippen molar-refractivity contribution in [1.82, 2.24) is 9.97 Å². The number of ketones is 1. The van der Waals surface area contributed by atoms with Gasteiger partial charge in [0.1, 0.15) is 22.7 Å². The van der Waals surface area contributed by atoms with E-state index in [2.05, 4.69) is 9.97 Å². The van der Waals surface area contributed by atoms with Crippen LogP contribution in [0.25, 0.3) is 11.5 Å². The Morgan fingerprint density at radius 3 is 1.59 bits per heavy atom. The zero-order valence-corrected chi connectivity index (χ0v) is 25.6. The first kappa shape index (κ1) is 37.5. The first-order valence-corrected chi connectivity index (χ1v) is 14.2. The maximum Gasteiger partial charge on any atom is 0.394 e. The molecule has 0 atom stereocenters. The van der Waals surface area contributed by atoms with Crippen molar-refractivity contribution in [2.24, 2.45) is 0 Å². The van der Waals surface area contributed by atoms with Crippen LogP contribution in [-0.2, 0) is 45.1 Å². The molecule has 0 saturated carbocycles. The van der Waals surface area contributed by atoms with Gasteiger partial charge >= 0.3 is 22.3 Å². The summed E-state index contributed by atoms with van der Waals surface area (Å²) in [5.74, 6) is -2.54. The number of carbonyl (C=O) groups excluding carboxylic acids is 3. The van der Waals surface area contributed by atoms with E-state index in [1.165, 1.54) is 0 Å². The second-order valence-corrected chi connectivity index (χ2v) is 11.0. The number of hydrogen-bond donors (Lipinski definition) is 5. The molecule has 0 fully saturated rings. The Morgan fingerprint density at radius 2 is 1.18 bits per heavy atom. The Bertz CT molecular complexity index is 1510. The van der Waals surface area contributed by atoms with Gasteiger partial charge < -0.3 is 30.6 Å². The number of ether oxygens (including phenoxy) is 2. The second-order valence-electron chi connectivity index (χ2n) is 10.1. The van der Waals surface area contributed by atoms with Crippen LogP contribution in [0.1, 0.15) is 64.1 Å². The molecule has 0 spiro atoms. The number of aliphatic hydroxyl groups is 2. The van der Waals surface area contributed by atoms with Crippen molar-refractivity contribution in [3.8, 4) is 0 Å². The van der Waals surface area contributed by atoms with Crippen molar-refractivity contribution in [3.63, 3.8) is 0 Å². The van der Waals surface area contributed by atoms with Crippen LogP contribution in [0.2, 0.25) is 0 Å². The highest BCUT2D eigenvalue weighted by atomic mass is 32.3. The highest BCUT2D eigenvalue weighted by Crippen LogP contribution is 2.39. The number of carbonyl (C=O) groups is 3. The number of nitrogens with one attached hydrogen (secondary N) is 1. The van der Waals surface area contributed by atoms with Crippen LogP contribution in [0.3, 0.4) is 0 Å². The van der Waals surface area contributed by atoms with Gasteiger partial charge in [0.2, 0.25) is 0 Å². The van der Waals surface area contributed by atoms with Crippen molar-refractivity contribution in [3.05, 3.63) is 70.3 Å². The van der Waals surface area contributed by atoms with Crippen molar-refractivity contribution in [1.29, 1.82) is 5.41 Å². The van der Waals surface area contributed by atoms with Gasteiger partial charge in [-0.2, -0.15) is 8.42 Å². The van der Waals surface area contributed by atoms with Gasteiger partial charge in [0.15, 0.2) is 5.78 Å². The molecule has 240 valence electrons. The van der Waals surface area contributed by atoms with Crippen LogP contribution in [-0.4, -0.2) is 79.8 Å². The molecule has 4 rings (SSSR count). The number of aliphatic hydroxyl groups excluding tert-OH is 2. The third kappa shape index (κ3) is 7.90. The van der Waals surface area contributed by atoms with Crippen LogP contribution in [0, 0.1) is 5.41 Å². The Kier molecular flexibility index (Phi) is 12.2. The summed E-state index contributed by atoms with van der Waals surface area (Å²) >= 11 is 0. The molecule has 2 aliphatic carbocycles. The topological polar surface area (TPSA) is 266 Å². The Morgan fingerprint density at radius 1 is 0.818 bits per heavy atom. The fourth-order valence-electron chi connectivity index (χ4n) is 4.33. The summed E-state index contributed by atoms with van der Waals surface area (Å²) in [4.78, 5) is 44.5. The van der Waals surface area contributed by atoms with Gasteiger partial charge in [-0.3, -0.25) is 23.9 Å². The van der Waals surface area contributed by atoms with E-state index in [-0.39, 0.29) is 47.1 Å². The molecule has 7 N–H and O–H groups in total. The number of Topliss-reactive ketones (excluding diaryl/α,β-unsaturated/α-hetero) is 1. The largest absolute Gasteiger partial charge is 0.506 e. The van der Waals surface area contributed by atoms with Crippen molar-refractivity contribution >= 4 is 45.4 Å². The molecule has 0 radical (unpaired) electrons. The minimum absolute atomic E-state index is 0. The van der Waals surface area contributed by atoms with Crippen LogP contribution < -0.4 is 0 Å². The predicted octanol–water partition coefficient (Wildman–Crippen LogP) is 2.52. The molecule has 0 amide bonds. The zero-order chi connectivity index (χ0) is 32.9. The van der Waals surface area contributed by atoms with E-state index in [4.69, 9.17) is 32.4 Å². The lowest BCUT2D eigenvalue weighted by molar-refractivity contribution is -0.141. The van der Waals surface area contributed by atoms with E-state index in [0.29, 0.717) is 22.5 Å². The number of aromatic nitrogens is 2. The minimum Gasteiger partial charge on any atom is -0.506 e. The van der Waals surface area contributed by atoms with E-state index in [0.717, 1.165) is 0 Å². The molecule has 0 unspecified atom stereocenters. The summed E-state index contributed by atoms with van der Waals surface area (Å²) in [7, 11) is -4.67. The molecule has 2 aliphatic rings. The van der Waals surface area contributed by atoms with Crippen molar-refractivity contribution in [2.75, 3.05) is 13.2 Å². The molecule has 0 aliphatic heterocycles. The normalized spacial score (nSPS) is 16.1. The molecule has 0 bridgehead atoms. The molecule has 0 saturated heterocycles. The standard InChI is InChI=1S/C14H16N2O3.C14H15NO4.H2O4S.H2O/c1-4-19-13(18)9-10(17)8-6-5-7-16-12(8)14(2,3)11(9)15;1-4-19-13(18)9-10(16)8-6-5-7-15-11(8)14(2,3)12(9)17;1-5(2,3)4;/h5-7,15,17H,4H2,1-3H3;5-7,16H,4H2,1-3H3;(H2,1,2,3,4);1H2. The summed E-state index contributed by atoms with van der Waals surface area (Å²) in [6.45, 7) is 10.6. The predicted molar refractivity (Wildman–Crippen MR) is 157 cm³/mol. The highest BCUT2D eigenvalue weighted by Gasteiger charge is 2.45. The van der Waals surface area contributed by atoms with Crippen LogP contribution in [0.5, 0.6) is 0 Å². The minimum atomic E-state index is -4.67. The number of pyridine rings is 2. The van der Waals surface area contributed by atoms with Gasteiger partial charge in [0.25, 0.3) is 0 Å². The van der Waals surface area contributed by atoms with E-state index in [1.54, 1.807) is 78.2 Å². The summed E-state index contributed by atoms with van der Waals surface area (Å²) in [6, 6.07) is 6.64. The monoisotopic (exact) mass is 637 g/mol. The lowest BCUT2D eigenvalue weighted by Gasteiger charge is -2.32. The number of hydrogen-bond acceptors (Lipinski definition) is 12. The van der Waals surface area contributed by atoms with Gasteiger partial charge in [0, 0.05) is 23.5 Å². The van der Waals surface area contributed by atoms with Crippen LogP contribution in [0.4, 0.5) is 0 Å². The third-order valence-electron chi connectivity index (χ3n) is 6.41. The molecule has 2 aromatic rings. The maximum atomic E-state index is 12.4. The number of esters is 2. The average molecular weight is 638 g/mol. The first-order chi connectivity index (χ1) is 19.8. The zero-order valence-electron chi connectivity index (χ0n) is 24.8. The van der Waals surface area contributed by atoms with E-state index < -0.39 is 39.0 Å². The molecule has 2 aromatic heterocycles. The fourth-order valence-corrected chi connectivity index (χ4v) is 4.33. The SMILES string of the molecule is CCOC(=O)C1=C(O)c2cccnc2C(C)(C)C1=N.CCOC(=O)C1=C(O)c2cccnc2C(C)(C)C1=O.O.O=S(=O)(O)O. The summed E-state index contributed by atoms with van der Waals surface area (Å²) in [5.41, 5.74) is -0.136. The van der Waals surface area contributed by atoms with Crippen LogP contribution >= 0.6 is 0 Å². The molecule has 15 nitrogen and oxygen atoms in total. The summed E-state index contributed by atoms with van der Waals surface area (Å²) in [5, 5.41) is 28.5. The van der Waals surface area contributed by atoms with E-state index in [1.807, 2.05) is 0 Å². The fraction of sp³-hybridized carbons (Fsp3) is 0.357. The molecule has 0 aromatic carbocycles. The van der Waals surface area contributed by atoms with Crippen molar-refractivity contribution < 1.29 is 57.1 Å². The van der Waals surface area contributed by atoms with E-state index >= 15 is 0 Å². The first-order valence-electron chi connectivity index (χ1n) is 12.8. The molecular formula is C28H35N3O12S. The average Bonchev–Trinajstić information content (AvgIpc) is 2.91. The summed E-state index contributed by atoms with van der Waals surface area (Å²) in [6.07, 6.45) is 3.16. The Labute approximate surface area is 253 Å². The molecule has 16 heteroatoms. The Balaban J connectivity index is 0.000000375. The number of nitrogens with zero attached hydrogens (tertiary/aromatic N) is 2. The van der Waals surface area contributed by atoms with Gasteiger partial charge in [-0.25, -0.2) is 9.59 Å². The van der Waals surface area contributed by atoms with Crippen molar-refractivity contribution in [2.45, 2.75) is 52.4 Å². The second kappa shape index (κ2) is 14.3. The smallest absolute Gasteiger partial charge is 0.394 e. The van der Waals surface area contributed by atoms with Gasteiger partial charge in [0.05, 0.1) is 41.1 Å². The molecule has 2 heterocycles. The third-order valence-corrected chi connectivity index (χ3v) is 6.41. The van der Waals surface area contributed by atoms with Gasteiger partial charge in [-0.1, -0.05) is 0 Å². The lowest BCUT2D eigenvalue weighted by Crippen LogP contribution is -2.39. The van der Waals surface area contributed by atoms with Gasteiger partial charge in [-0.15, -0.1) is 0 Å². The Hall–Kier alpha value is -4.51. The quantitative estimate of drug-likeness (QED) is 0.183. The number of fused-ring (bicyclic) bond motifs is 2. The molecular weight excluding hydrogens is 602 g/mol. The lowest BCUT2D eigenvalue weighted by atomic mass is 9.73. The van der Waals surface area contributed by atoms with E-state index in [9.17, 15) is 24.6 Å². The van der Waals surface area contributed by atoms with Gasteiger partial charge in [-0.05, 0) is 65.8 Å². The van der Waals surface area contributed by atoms with Crippen LogP contribution in [0.15, 0.2) is 47.8 Å². The number of rotatable bonds is 4. The maximum absolute atomic E-state index is 12.4.